The number of aliphatic hydroxyl groups is 1. The Morgan fingerprint density at radius 3 is 2.10 bits per heavy atom. The zero-order chi connectivity index (χ0) is 14.8. The van der Waals surface area contributed by atoms with E-state index >= 15 is 0 Å². The zero-order valence-corrected chi connectivity index (χ0v) is 13.0. The van der Waals surface area contributed by atoms with E-state index in [0.29, 0.717) is 10.2 Å². The van der Waals surface area contributed by atoms with Crippen LogP contribution in [-0.4, -0.2) is 31.6 Å². The van der Waals surface area contributed by atoms with Crippen molar-refractivity contribution in [2.24, 2.45) is 5.73 Å². The first-order valence-electron chi connectivity index (χ1n) is 5.14. The van der Waals surface area contributed by atoms with E-state index in [9.17, 15) is 18.3 Å². The fourth-order valence-electron chi connectivity index (χ4n) is 1.52. The molecule has 0 fully saturated rings. The predicted molar refractivity (Wildman–Crippen MR) is 73.5 cm³/mol. The van der Waals surface area contributed by atoms with Crippen LogP contribution in [0.25, 0.3) is 0 Å². The lowest BCUT2D eigenvalue weighted by Gasteiger charge is -2.23. The van der Waals surface area contributed by atoms with Gasteiger partial charge in [-0.25, -0.2) is 0 Å². The van der Waals surface area contributed by atoms with Gasteiger partial charge in [0.2, 0.25) is 0 Å². The second-order valence-corrected chi connectivity index (χ2v) is 4.60. The lowest BCUT2D eigenvalue weighted by Crippen LogP contribution is -2.39. The SMILES string of the molecule is COc1cc([C@@H](N)[C@@H](O)C(F)(F)F)c(OC)cc1Br.Cl. The largest absolute Gasteiger partial charge is 0.496 e. The monoisotopic (exact) mass is 379 g/mol. The molecule has 116 valence electrons. The van der Waals surface area contributed by atoms with E-state index in [-0.39, 0.29) is 23.7 Å². The van der Waals surface area contributed by atoms with Gasteiger partial charge in [-0.1, -0.05) is 0 Å². The number of nitrogens with two attached hydrogens (primary N) is 1. The van der Waals surface area contributed by atoms with Crippen LogP contribution >= 0.6 is 28.3 Å². The number of alkyl halides is 3. The molecule has 0 aromatic heterocycles. The van der Waals surface area contributed by atoms with Gasteiger partial charge in [-0.05, 0) is 28.1 Å². The Morgan fingerprint density at radius 2 is 1.70 bits per heavy atom. The standard InChI is InChI=1S/C11H13BrF3NO3.ClH/c1-18-7-4-6(12)8(19-2)3-5(7)9(16)10(17)11(13,14)15;/h3-4,9-10,17H,16H2,1-2H3;1H/t9-,10-;/m1./s1. The Labute approximate surface area is 128 Å². The predicted octanol–water partition coefficient (Wildman–Crippen LogP) is 2.81. The number of hydrogen-bond acceptors (Lipinski definition) is 4. The van der Waals surface area contributed by atoms with Crippen molar-refractivity contribution in [1.82, 2.24) is 0 Å². The van der Waals surface area contributed by atoms with Gasteiger partial charge in [-0.15, -0.1) is 12.4 Å². The smallest absolute Gasteiger partial charge is 0.416 e. The summed E-state index contributed by atoms with van der Waals surface area (Å²) in [5, 5.41) is 9.20. The summed E-state index contributed by atoms with van der Waals surface area (Å²) >= 11 is 3.18. The number of methoxy groups -OCH3 is 2. The zero-order valence-electron chi connectivity index (χ0n) is 10.6. The molecule has 0 heterocycles. The normalized spacial score (nSPS) is 14.2. The van der Waals surface area contributed by atoms with Gasteiger partial charge < -0.3 is 20.3 Å². The second-order valence-electron chi connectivity index (χ2n) is 3.74. The Balaban J connectivity index is 0.00000361. The average Bonchev–Trinajstić information content (AvgIpc) is 2.35. The molecule has 0 aliphatic heterocycles. The molecule has 1 aromatic carbocycles. The Bertz CT molecular complexity index is 459. The van der Waals surface area contributed by atoms with Gasteiger partial charge in [0.05, 0.1) is 24.7 Å². The van der Waals surface area contributed by atoms with E-state index < -0.39 is 18.3 Å². The third-order valence-corrected chi connectivity index (χ3v) is 3.16. The molecule has 2 atom stereocenters. The van der Waals surface area contributed by atoms with Crippen LogP contribution in [-0.2, 0) is 0 Å². The lowest BCUT2D eigenvalue weighted by atomic mass is 10.0. The van der Waals surface area contributed by atoms with Crippen molar-refractivity contribution >= 4 is 28.3 Å². The van der Waals surface area contributed by atoms with Crippen molar-refractivity contribution in [1.29, 1.82) is 0 Å². The highest BCUT2D eigenvalue weighted by atomic mass is 79.9. The molecule has 0 aliphatic carbocycles. The van der Waals surface area contributed by atoms with Crippen molar-refractivity contribution in [3.05, 3.63) is 22.2 Å². The molecule has 9 heteroatoms. The Morgan fingerprint density at radius 1 is 1.20 bits per heavy atom. The maximum absolute atomic E-state index is 12.5. The van der Waals surface area contributed by atoms with Gasteiger partial charge in [0.1, 0.15) is 11.5 Å². The highest BCUT2D eigenvalue weighted by Crippen LogP contribution is 2.38. The van der Waals surface area contributed by atoms with Crippen LogP contribution in [0.2, 0.25) is 0 Å². The molecule has 0 bridgehead atoms. The van der Waals surface area contributed by atoms with E-state index in [0.717, 1.165) is 0 Å². The molecular weight excluding hydrogens is 366 g/mol. The third-order valence-electron chi connectivity index (χ3n) is 2.54. The first-order chi connectivity index (χ1) is 8.72. The number of rotatable bonds is 4. The number of aliphatic hydroxyl groups excluding tert-OH is 1. The number of benzene rings is 1. The number of halogens is 5. The van der Waals surface area contributed by atoms with E-state index in [1.165, 1.54) is 26.4 Å². The third kappa shape index (κ3) is 4.15. The van der Waals surface area contributed by atoms with Crippen molar-refractivity contribution in [3.8, 4) is 11.5 Å². The van der Waals surface area contributed by atoms with Crippen molar-refractivity contribution in [3.63, 3.8) is 0 Å². The van der Waals surface area contributed by atoms with Gasteiger partial charge in [0.25, 0.3) is 0 Å². The summed E-state index contributed by atoms with van der Waals surface area (Å²) in [6, 6.07) is 1.05. The van der Waals surface area contributed by atoms with E-state index in [1.807, 2.05) is 0 Å². The molecule has 3 N–H and O–H groups in total. The Kier molecular flexibility index (Phi) is 7.09. The molecule has 0 saturated carbocycles. The van der Waals surface area contributed by atoms with Gasteiger partial charge in [-0.3, -0.25) is 0 Å². The number of ether oxygens (including phenoxy) is 2. The topological polar surface area (TPSA) is 64.7 Å². The molecule has 0 unspecified atom stereocenters. The fourth-order valence-corrected chi connectivity index (χ4v) is 2.00. The van der Waals surface area contributed by atoms with Gasteiger partial charge >= 0.3 is 6.18 Å². The van der Waals surface area contributed by atoms with Crippen LogP contribution in [0.3, 0.4) is 0 Å². The Hall–Kier alpha value is -0.700. The molecule has 1 rings (SSSR count). The van der Waals surface area contributed by atoms with E-state index in [2.05, 4.69) is 15.9 Å². The molecule has 0 radical (unpaired) electrons. The van der Waals surface area contributed by atoms with Gasteiger partial charge in [0.15, 0.2) is 6.10 Å². The highest BCUT2D eigenvalue weighted by molar-refractivity contribution is 9.10. The molecule has 0 spiro atoms. The summed E-state index contributed by atoms with van der Waals surface area (Å²) in [6.07, 6.45) is -7.50. The van der Waals surface area contributed by atoms with Crippen LogP contribution in [0.5, 0.6) is 11.5 Å². The van der Waals surface area contributed by atoms with Crippen molar-refractivity contribution in [2.75, 3.05) is 14.2 Å². The molecule has 4 nitrogen and oxygen atoms in total. The fraction of sp³-hybridized carbons (Fsp3) is 0.455. The minimum absolute atomic E-state index is 0. The summed E-state index contributed by atoms with van der Waals surface area (Å²) in [6.45, 7) is 0. The summed E-state index contributed by atoms with van der Waals surface area (Å²) in [4.78, 5) is 0. The summed E-state index contributed by atoms with van der Waals surface area (Å²) in [5.74, 6) is 0.420. The minimum Gasteiger partial charge on any atom is -0.496 e. The van der Waals surface area contributed by atoms with Crippen molar-refractivity contribution in [2.45, 2.75) is 18.3 Å². The lowest BCUT2D eigenvalue weighted by molar-refractivity contribution is -0.210. The summed E-state index contributed by atoms with van der Waals surface area (Å²) < 4.78 is 47.9. The van der Waals surface area contributed by atoms with Gasteiger partial charge in [0, 0.05) is 5.56 Å². The minimum atomic E-state index is -4.81. The second kappa shape index (κ2) is 7.35. The van der Waals surface area contributed by atoms with Crippen LogP contribution in [0.15, 0.2) is 16.6 Å². The number of hydrogen-bond donors (Lipinski definition) is 2. The van der Waals surface area contributed by atoms with E-state index in [1.54, 1.807) is 0 Å². The highest BCUT2D eigenvalue weighted by Gasteiger charge is 2.43. The van der Waals surface area contributed by atoms with Crippen LogP contribution in [0.4, 0.5) is 13.2 Å². The van der Waals surface area contributed by atoms with Crippen LogP contribution in [0, 0.1) is 0 Å². The van der Waals surface area contributed by atoms with E-state index in [4.69, 9.17) is 15.2 Å². The first-order valence-corrected chi connectivity index (χ1v) is 5.93. The summed E-state index contributed by atoms with van der Waals surface area (Å²) in [5.41, 5.74) is 5.46. The maximum Gasteiger partial charge on any atom is 0.416 e. The quantitative estimate of drug-likeness (QED) is 0.843. The maximum atomic E-state index is 12.5. The molecule has 0 aliphatic rings. The average molecular weight is 381 g/mol. The van der Waals surface area contributed by atoms with Crippen LogP contribution in [0.1, 0.15) is 11.6 Å². The van der Waals surface area contributed by atoms with Crippen LogP contribution < -0.4 is 15.2 Å². The molecule has 0 amide bonds. The first kappa shape index (κ1) is 19.3. The molecular formula is C11H14BrClF3NO3. The van der Waals surface area contributed by atoms with Gasteiger partial charge in [-0.2, -0.15) is 13.2 Å². The molecule has 0 saturated heterocycles. The molecule has 20 heavy (non-hydrogen) atoms. The summed E-state index contributed by atoms with van der Waals surface area (Å²) in [7, 11) is 2.66. The van der Waals surface area contributed by atoms with Crippen molar-refractivity contribution < 1.29 is 27.8 Å². The molecule has 1 aromatic rings.